The van der Waals surface area contributed by atoms with E-state index in [1.54, 1.807) is 22.7 Å². The van der Waals surface area contributed by atoms with Gasteiger partial charge in [0.15, 0.2) is 0 Å². The van der Waals surface area contributed by atoms with Crippen molar-refractivity contribution in [2.24, 2.45) is 0 Å². The summed E-state index contributed by atoms with van der Waals surface area (Å²) in [4.78, 5) is 14.4. The van der Waals surface area contributed by atoms with Crippen molar-refractivity contribution in [2.75, 3.05) is 24.2 Å². The van der Waals surface area contributed by atoms with Crippen molar-refractivity contribution in [3.05, 3.63) is 59.9 Å². The number of rotatable bonds is 4. The Morgan fingerprint density at radius 3 is 2.96 bits per heavy atom. The number of hydrogen-bond donors (Lipinski definition) is 1. The van der Waals surface area contributed by atoms with E-state index in [-0.39, 0.29) is 17.2 Å². The molecule has 24 heavy (non-hydrogen) atoms. The second kappa shape index (κ2) is 7.57. The van der Waals surface area contributed by atoms with Crippen molar-refractivity contribution in [1.29, 1.82) is 0 Å². The molecule has 0 bridgehead atoms. The molecule has 2 aromatic carbocycles. The van der Waals surface area contributed by atoms with E-state index in [2.05, 4.69) is 5.32 Å². The first kappa shape index (κ1) is 16.6. The van der Waals surface area contributed by atoms with Crippen molar-refractivity contribution in [3.63, 3.8) is 0 Å². The molecule has 0 saturated carbocycles. The summed E-state index contributed by atoms with van der Waals surface area (Å²) in [5.74, 6) is 1.17. The molecule has 0 aromatic heterocycles. The van der Waals surface area contributed by atoms with E-state index in [9.17, 15) is 9.18 Å². The predicted octanol–water partition coefficient (Wildman–Crippen LogP) is 4.50. The summed E-state index contributed by atoms with van der Waals surface area (Å²) in [5.41, 5.74) is 1.44. The highest BCUT2D eigenvalue weighted by molar-refractivity contribution is 7.99. The predicted molar refractivity (Wildman–Crippen MR) is 94.9 cm³/mol. The van der Waals surface area contributed by atoms with Crippen molar-refractivity contribution < 1.29 is 13.9 Å². The maximum absolute atomic E-state index is 13.5. The van der Waals surface area contributed by atoms with Gasteiger partial charge in [-0.1, -0.05) is 24.3 Å². The summed E-state index contributed by atoms with van der Waals surface area (Å²) >= 11 is 1.63. The molecule has 2 aromatic rings. The van der Waals surface area contributed by atoms with Gasteiger partial charge in [-0.05, 0) is 36.8 Å². The fourth-order valence-corrected chi connectivity index (χ4v) is 3.90. The number of anilines is 1. The van der Waals surface area contributed by atoms with Gasteiger partial charge in [-0.3, -0.25) is 0 Å². The number of benzene rings is 2. The first-order chi connectivity index (χ1) is 11.7. The lowest BCUT2D eigenvalue weighted by Gasteiger charge is -2.25. The Kier molecular flexibility index (Phi) is 5.25. The zero-order valence-corrected chi connectivity index (χ0v) is 14.2. The Hall–Kier alpha value is -2.21. The van der Waals surface area contributed by atoms with Gasteiger partial charge in [0.25, 0.3) is 0 Å². The quantitative estimate of drug-likeness (QED) is 0.886. The third-order valence-corrected chi connectivity index (χ3v) is 4.97. The highest BCUT2D eigenvalue weighted by Crippen LogP contribution is 2.38. The number of halogens is 1. The molecule has 0 aliphatic carbocycles. The normalized spacial score (nSPS) is 16.9. The van der Waals surface area contributed by atoms with Crippen LogP contribution in [0.3, 0.4) is 0 Å². The second-order valence-corrected chi connectivity index (χ2v) is 6.52. The van der Waals surface area contributed by atoms with Crippen LogP contribution in [-0.4, -0.2) is 29.8 Å². The van der Waals surface area contributed by atoms with Gasteiger partial charge in [-0.15, -0.1) is 11.8 Å². The van der Waals surface area contributed by atoms with Crippen LogP contribution < -0.4 is 10.1 Å². The standard InChI is InChI=1S/C18H19FN2O2S/c1-2-23-16-9-4-3-8-15(16)20-18(22)21-10-11-24-17(21)13-6-5-7-14(19)12-13/h3-9,12,17H,2,10-11H2,1H3,(H,20,22)/t17-/m0/s1. The molecule has 2 amide bonds. The number of para-hydroxylation sites is 2. The number of hydrogen-bond acceptors (Lipinski definition) is 3. The highest BCUT2D eigenvalue weighted by Gasteiger charge is 2.31. The van der Waals surface area contributed by atoms with E-state index < -0.39 is 0 Å². The lowest BCUT2D eigenvalue weighted by atomic mass is 10.2. The van der Waals surface area contributed by atoms with Crippen LogP contribution in [0.5, 0.6) is 5.75 Å². The van der Waals surface area contributed by atoms with Gasteiger partial charge < -0.3 is 15.0 Å². The van der Waals surface area contributed by atoms with E-state index in [4.69, 9.17) is 4.74 Å². The van der Waals surface area contributed by atoms with Crippen LogP contribution in [0.15, 0.2) is 48.5 Å². The molecule has 6 heteroatoms. The summed E-state index contributed by atoms with van der Waals surface area (Å²) in [5, 5.41) is 2.73. The van der Waals surface area contributed by atoms with Crippen molar-refractivity contribution in [3.8, 4) is 5.75 Å². The lowest BCUT2D eigenvalue weighted by Crippen LogP contribution is -2.34. The molecule has 0 radical (unpaired) electrons. The summed E-state index contributed by atoms with van der Waals surface area (Å²) in [7, 11) is 0. The number of thioether (sulfide) groups is 1. The molecule has 4 nitrogen and oxygen atoms in total. The average Bonchev–Trinajstić information content (AvgIpc) is 3.07. The molecule has 1 heterocycles. The average molecular weight is 346 g/mol. The summed E-state index contributed by atoms with van der Waals surface area (Å²) < 4.78 is 19.0. The van der Waals surface area contributed by atoms with E-state index >= 15 is 0 Å². The highest BCUT2D eigenvalue weighted by atomic mass is 32.2. The van der Waals surface area contributed by atoms with Crippen LogP contribution in [-0.2, 0) is 0 Å². The van der Waals surface area contributed by atoms with E-state index in [0.29, 0.717) is 24.6 Å². The third kappa shape index (κ3) is 3.64. The van der Waals surface area contributed by atoms with Gasteiger partial charge in [-0.25, -0.2) is 9.18 Å². The zero-order chi connectivity index (χ0) is 16.9. The van der Waals surface area contributed by atoms with Crippen LogP contribution >= 0.6 is 11.8 Å². The Balaban J connectivity index is 1.77. The third-order valence-electron chi connectivity index (χ3n) is 3.71. The molecular formula is C18H19FN2O2S. The van der Waals surface area contributed by atoms with E-state index in [1.165, 1.54) is 12.1 Å². The Morgan fingerprint density at radius 1 is 1.33 bits per heavy atom. The van der Waals surface area contributed by atoms with Gasteiger partial charge in [-0.2, -0.15) is 0 Å². The molecule has 3 rings (SSSR count). The number of ether oxygens (including phenoxy) is 1. The van der Waals surface area contributed by atoms with Crippen LogP contribution in [0.25, 0.3) is 0 Å². The Labute approximate surface area is 145 Å². The van der Waals surface area contributed by atoms with Crippen molar-refractivity contribution >= 4 is 23.5 Å². The maximum atomic E-state index is 13.5. The molecule has 1 fully saturated rings. The number of carbonyl (C=O) groups is 1. The second-order valence-electron chi connectivity index (χ2n) is 5.33. The van der Waals surface area contributed by atoms with Crippen LogP contribution in [0, 0.1) is 5.82 Å². The SMILES string of the molecule is CCOc1ccccc1NC(=O)N1CCS[C@H]1c1cccc(F)c1. The van der Waals surface area contributed by atoms with E-state index in [1.807, 2.05) is 37.3 Å². The first-order valence-corrected chi connectivity index (χ1v) is 8.90. The molecule has 1 atom stereocenters. The Bertz CT molecular complexity index is 726. The van der Waals surface area contributed by atoms with Gasteiger partial charge in [0.1, 0.15) is 16.9 Å². The topological polar surface area (TPSA) is 41.6 Å². The van der Waals surface area contributed by atoms with Gasteiger partial charge in [0.05, 0.1) is 12.3 Å². The molecule has 0 unspecified atom stereocenters. The van der Waals surface area contributed by atoms with Gasteiger partial charge in [0.2, 0.25) is 0 Å². The number of amides is 2. The van der Waals surface area contributed by atoms with Crippen molar-refractivity contribution in [2.45, 2.75) is 12.3 Å². The molecule has 1 aliphatic heterocycles. The fraction of sp³-hybridized carbons (Fsp3) is 0.278. The Morgan fingerprint density at radius 2 is 2.17 bits per heavy atom. The molecule has 126 valence electrons. The van der Waals surface area contributed by atoms with Crippen LogP contribution in [0.2, 0.25) is 0 Å². The zero-order valence-electron chi connectivity index (χ0n) is 13.4. The lowest BCUT2D eigenvalue weighted by molar-refractivity contribution is 0.214. The summed E-state index contributed by atoms with van der Waals surface area (Å²) in [6.45, 7) is 3.04. The molecular weight excluding hydrogens is 327 g/mol. The minimum absolute atomic E-state index is 0.181. The minimum Gasteiger partial charge on any atom is -0.492 e. The maximum Gasteiger partial charge on any atom is 0.323 e. The monoisotopic (exact) mass is 346 g/mol. The number of nitrogens with zero attached hydrogens (tertiary/aromatic N) is 1. The smallest absolute Gasteiger partial charge is 0.323 e. The largest absolute Gasteiger partial charge is 0.492 e. The molecule has 1 aliphatic rings. The minimum atomic E-state index is -0.290. The number of urea groups is 1. The first-order valence-electron chi connectivity index (χ1n) is 7.85. The fourth-order valence-electron chi connectivity index (χ4n) is 2.65. The molecule has 0 spiro atoms. The molecule has 1 N–H and O–H groups in total. The van der Waals surface area contributed by atoms with Gasteiger partial charge in [0, 0.05) is 12.3 Å². The number of nitrogens with one attached hydrogen (secondary N) is 1. The van der Waals surface area contributed by atoms with Gasteiger partial charge >= 0.3 is 6.03 Å². The van der Waals surface area contributed by atoms with Crippen LogP contribution in [0.1, 0.15) is 17.9 Å². The summed E-state index contributed by atoms with van der Waals surface area (Å²) in [6.07, 6.45) is 0. The number of carbonyl (C=O) groups excluding carboxylic acids is 1. The van der Waals surface area contributed by atoms with Crippen LogP contribution in [0.4, 0.5) is 14.9 Å². The summed E-state index contributed by atoms with van der Waals surface area (Å²) in [6, 6.07) is 13.5. The van der Waals surface area contributed by atoms with Crippen molar-refractivity contribution in [1.82, 2.24) is 4.90 Å². The van der Waals surface area contributed by atoms with E-state index in [0.717, 1.165) is 11.3 Å². The molecule has 1 saturated heterocycles.